The van der Waals surface area contributed by atoms with Crippen molar-refractivity contribution in [3.05, 3.63) is 42.0 Å². The largest absolute Gasteiger partial charge is 0.489 e. The third-order valence-electron chi connectivity index (χ3n) is 3.80. The van der Waals surface area contributed by atoms with Crippen LogP contribution in [-0.4, -0.2) is 43.6 Å². The number of rotatable bonds is 5. The molecule has 1 aliphatic heterocycles. The van der Waals surface area contributed by atoms with Crippen molar-refractivity contribution in [3.8, 4) is 5.75 Å². The van der Waals surface area contributed by atoms with Gasteiger partial charge in [0.1, 0.15) is 12.4 Å². The SMILES string of the molecule is C=CCOc1ccc(C(F)(F)F)cc1C(=O)N(C)C1CCNC1.Cl. The summed E-state index contributed by atoms with van der Waals surface area (Å²) in [5.74, 6) is -0.357. The Hall–Kier alpha value is -1.73. The standard InChI is InChI=1S/C16H19F3N2O2.ClH/c1-3-8-23-14-5-4-11(16(17,18)19)9-13(14)15(22)21(2)12-6-7-20-10-12;/h3-5,9,12,20H,1,6-8,10H2,2H3;1H. The summed E-state index contributed by atoms with van der Waals surface area (Å²) in [4.78, 5) is 14.1. The molecule has 1 aromatic carbocycles. The lowest BCUT2D eigenvalue weighted by Crippen LogP contribution is -2.38. The Morgan fingerprint density at radius 3 is 2.75 bits per heavy atom. The predicted octanol–water partition coefficient (Wildman–Crippen LogP) is 3.13. The minimum absolute atomic E-state index is 0. The van der Waals surface area contributed by atoms with Gasteiger partial charge in [0, 0.05) is 19.6 Å². The fourth-order valence-electron chi connectivity index (χ4n) is 2.47. The molecule has 1 atom stereocenters. The molecule has 0 saturated carbocycles. The van der Waals surface area contributed by atoms with Crippen molar-refractivity contribution in [2.45, 2.75) is 18.6 Å². The van der Waals surface area contributed by atoms with Crippen molar-refractivity contribution < 1.29 is 22.7 Å². The normalized spacial score (nSPS) is 17.1. The van der Waals surface area contributed by atoms with E-state index in [-0.39, 0.29) is 36.4 Å². The number of amides is 1. The molecule has 0 radical (unpaired) electrons. The van der Waals surface area contributed by atoms with Crippen molar-refractivity contribution in [1.82, 2.24) is 10.2 Å². The Bertz CT molecular complexity index is 587. The topological polar surface area (TPSA) is 41.6 Å². The third-order valence-corrected chi connectivity index (χ3v) is 3.80. The number of carbonyl (C=O) groups excluding carboxylic acids is 1. The van der Waals surface area contributed by atoms with E-state index in [4.69, 9.17) is 4.74 Å². The van der Waals surface area contributed by atoms with E-state index >= 15 is 0 Å². The molecule has 4 nitrogen and oxygen atoms in total. The Balaban J connectivity index is 0.00000288. The van der Waals surface area contributed by atoms with Crippen LogP contribution in [0.4, 0.5) is 13.2 Å². The lowest BCUT2D eigenvalue weighted by Gasteiger charge is -2.25. The van der Waals surface area contributed by atoms with Crippen LogP contribution >= 0.6 is 12.4 Å². The van der Waals surface area contributed by atoms with E-state index < -0.39 is 17.6 Å². The van der Waals surface area contributed by atoms with E-state index in [1.165, 1.54) is 17.0 Å². The first-order valence-electron chi connectivity index (χ1n) is 7.27. The molecule has 0 spiro atoms. The average Bonchev–Trinajstić information content (AvgIpc) is 3.04. The maximum atomic E-state index is 12.9. The number of benzene rings is 1. The number of carbonyl (C=O) groups is 1. The zero-order chi connectivity index (χ0) is 17.0. The van der Waals surface area contributed by atoms with Gasteiger partial charge in [0.2, 0.25) is 0 Å². The summed E-state index contributed by atoms with van der Waals surface area (Å²) in [7, 11) is 1.59. The van der Waals surface area contributed by atoms with Crippen LogP contribution in [0.25, 0.3) is 0 Å². The first-order valence-corrected chi connectivity index (χ1v) is 7.27. The molecule has 1 amide bonds. The summed E-state index contributed by atoms with van der Waals surface area (Å²) in [5, 5.41) is 3.13. The van der Waals surface area contributed by atoms with Gasteiger partial charge in [0.15, 0.2) is 0 Å². The van der Waals surface area contributed by atoms with E-state index in [9.17, 15) is 18.0 Å². The molecule has 8 heteroatoms. The van der Waals surface area contributed by atoms with Crippen LogP contribution in [0, 0.1) is 0 Å². The van der Waals surface area contributed by atoms with Gasteiger partial charge in [-0.1, -0.05) is 12.7 Å². The second kappa shape index (κ2) is 8.39. The van der Waals surface area contributed by atoms with Crippen molar-refractivity contribution in [2.75, 3.05) is 26.7 Å². The molecule has 24 heavy (non-hydrogen) atoms. The van der Waals surface area contributed by atoms with Gasteiger partial charge in [0.25, 0.3) is 5.91 Å². The smallest absolute Gasteiger partial charge is 0.416 e. The number of likely N-dealkylation sites (N-methyl/N-ethyl adjacent to an activating group) is 1. The zero-order valence-electron chi connectivity index (χ0n) is 13.2. The van der Waals surface area contributed by atoms with Gasteiger partial charge in [0.05, 0.1) is 11.1 Å². The number of halogens is 4. The molecular weight excluding hydrogens is 345 g/mol. The Labute approximate surface area is 145 Å². The zero-order valence-corrected chi connectivity index (χ0v) is 14.0. The van der Waals surface area contributed by atoms with E-state index in [1.54, 1.807) is 7.05 Å². The summed E-state index contributed by atoms with van der Waals surface area (Å²) in [5.41, 5.74) is -0.958. The molecule has 0 bridgehead atoms. The summed E-state index contributed by atoms with van der Waals surface area (Å²) < 4.78 is 44.1. The molecule has 134 valence electrons. The summed E-state index contributed by atoms with van der Waals surface area (Å²) in [6.07, 6.45) is -2.28. The maximum Gasteiger partial charge on any atom is 0.416 e. The quantitative estimate of drug-likeness (QED) is 0.816. The van der Waals surface area contributed by atoms with Crippen molar-refractivity contribution >= 4 is 18.3 Å². The molecular formula is C16H20ClF3N2O2. The van der Waals surface area contributed by atoms with Crippen molar-refractivity contribution in [3.63, 3.8) is 0 Å². The second-order valence-corrected chi connectivity index (χ2v) is 5.37. The number of hydrogen-bond acceptors (Lipinski definition) is 3. The number of nitrogens with zero attached hydrogens (tertiary/aromatic N) is 1. The predicted molar refractivity (Wildman–Crippen MR) is 87.8 cm³/mol. The van der Waals surface area contributed by atoms with Gasteiger partial charge in [-0.3, -0.25) is 4.79 Å². The highest BCUT2D eigenvalue weighted by molar-refractivity contribution is 5.97. The molecule has 0 aromatic heterocycles. The third kappa shape index (κ3) is 4.64. The van der Waals surface area contributed by atoms with Gasteiger partial charge in [-0.25, -0.2) is 0 Å². The lowest BCUT2D eigenvalue weighted by atomic mass is 10.1. The minimum atomic E-state index is -4.51. The molecule has 0 aliphatic carbocycles. The summed E-state index contributed by atoms with van der Waals surface area (Å²) in [6, 6.07) is 2.90. The second-order valence-electron chi connectivity index (χ2n) is 5.37. The molecule has 1 N–H and O–H groups in total. The van der Waals surface area contributed by atoms with E-state index in [0.717, 1.165) is 25.1 Å². The summed E-state index contributed by atoms with van der Waals surface area (Å²) >= 11 is 0. The highest BCUT2D eigenvalue weighted by Gasteiger charge is 2.33. The van der Waals surface area contributed by atoms with Crippen LogP contribution in [0.5, 0.6) is 5.75 Å². The molecule has 1 aromatic rings. The van der Waals surface area contributed by atoms with Crippen molar-refractivity contribution in [2.24, 2.45) is 0 Å². The molecule has 2 rings (SSSR count). The van der Waals surface area contributed by atoms with Crippen LogP contribution in [0.2, 0.25) is 0 Å². The maximum absolute atomic E-state index is 12.9. The van der Waals surface area contributed by atoms with Gasteiger partial charge >= 0.3 is 6.18 Å². The summed E-state index contributed by atoms with van der Waals surface area (Å²) in [6.45, 7) is 5.02. The minimum Gasteiger partial charge on any atom is -0.489 e. The average molecular weight is 365 g/mol. The van der Waals surface area contributed by atoms with Crippen LogP contribution in [0.1, 0.15) is 22.3 Å². The van der Waals surface area contributed by atoms with E-state index in [1.807, 2.05) is 0 Å². The molecule has 1 aliphatic rings. The monoisotopic (exact) mass is 364 g/mol. The number of nitrogens with one attached hydrogen (secondary N) is 1. The first-order chi connectivity index (χ1) is 10.8. The molecule has 1 heterocycles. The van der Waals surface area contributed by atoms with Gasteiger partial charge in [-0.05, 0) is 31.2 Å². The first kappa shape index (κ1) is 20.3. The highest BCUT2D eigenvalue weighted by Crippen LogP contribution is 2.33. The van der Waals surface area contributed by atoms with Crippen LogP contribution in [0.15, 0.2) is 30.9 Å². The Morgan fingerprint density at radius 1 is 1.50 bits per heavy atom. The number of alkyl halides is 3. The van der Waals surface area contributed by atoms with Crippen LogP contribution in [0.3, 0.4) is 0 Å². The molecule has 1 saturated heterocycles. The molecule has 1 unspecified atom stereocenters. The van der Waals surface area contributed by atoms with E-state index in [2.05, 4.69) is 11.9 Å². The molecule has 1 fully saturated rings. The van der Waals surface area contributed by atoms with Crippen LogP contribution < -0.4 is 10.1 Å². The Morgan fingerprint density at radius 2 is 2.21 bits per heavy atom. The fraction of sp³-hybridized carbons (Fsp3) is 0.438. The Kier molecular flexibility index (Phi) is 7.10. The number of hydrogen-bond donors (Lipinski definition) is 1. The van der Waals surface area contributed by atoms with Gasteiger partial charge in [-0.2, -0.15) is 13.2 Å². The van der Waals surface area contributed by atoms with Crippen molar-refractivity contribution in [1.29, 1.82) is 0 Å². The van der Waals surface area contributed by atoms with Gasteiger partial charge in [-0.15, -0.1) is 12.4 Å². The highest BCUT2D eigenvalue weighted by atomic mass is 35.5. The lowest BCUT2D eigenvalue weighted by molar-refractivity contribution is -0.137. The van der Waals surface area contributed by atoms with E-state index in [0.29, 0.717) is 6.54 Å². The fourth-order valence-corrected chi connectivity index (χ4v) is 2.47. The van der Waals surface area contributed by atoms with Gasteiger partial charge < -0.3 is 15.0 Å². The number of ether oxygens (including phenoxy) is 1. The van der Waals surface area contributed by atoms with Crippen LogP contribution in [-0.2, 0) is 6.18 Å².